The van der Waals surface area contributed by atoms with E-state index in [-0.39, 0.29) is 5.60 Å². The standard InChI is InChI=1S/C20H33N3O/c1-4-20(9-16-24-19(2,3)17-20)23-14-12-22(13-15-23)11-8-18-7-5-6-10-21-18/h5-7,10H,4,8-9,11-17H2,1-3H3. The van der Waals surface area contributed by atoms with Gasteiger partial charge in [-0.2, -0.15) is 0 Å². The van der Waals surface area contributed by atoms with Crippen LogP contribution in [0.2, 0.25) is 0 Å². The summed E-state index contributed by atoms with van der Waals surface area (Å²) in [6, 6.07) is 6.20. The monoisotopic (exact) mass is 331 g/mol. The topological polar surface area (TPSA) is 28.6 Å². The molecule has 4 heteroatoms. The Labute approximate surface area is 147 Å². The molecule has 0 aliphatic carbocycles. The van der Waals surface area contributed by atoms with Crippen molar-refractivity contribution in [1.29, 1.82) is 0 Å². The van der Waals surface area contributed by atoms with E-state index in [1.54, 1.807) is 0 Å². The van der Waals surface area contributed by atoms with Crippen molar-refractivity contribution < 1.29 is 4.74 Å². The Balaban J connectivity index is 1.52. The van der Waals surface area contributed by atoms with Crippen molar-refractivity contribution >= 4 is 0 Å². The second-order valence-electron chi connectivity index (χ2n) is 8.01. The molecule has 2 saturated heterocycles. The number of ether oxygens (including phenoxy) is 1. The maximum absolute atomic E-state index is 5.98. The van der Waals surface area contributed by atoms with Crippen LogP contribution in [0.5, 0.6) is 0 Å². The number of nitrogens with zero attached hydrogens (tertiary/aromatic N) is 3. The number of piperazine rings is 1. The van der Waals surface area contributed by atoms with E-state index in [0.29, 0.717) is 5.54 Å². The molecule has 4 nitrogen and oxygen atoms in total. The molecule has 1 aromatic heterocycles. The minimum atomic E-state index is 0.0182. The predicted molar refractivity (Wildman–Crippen MR) is 98.2 cm³/mol. The van der Waals surface area contributed by atoms with Crippen LogP contribution in [-0.2, 0) is 11.2 Å². The van der Waals surface area contributed by atoms with Gasteiger partial charge in [-0.3, -0.25) is 9.88 Å². The molecule has 2 aliphatic heterocycles. The van der Waals surface area contributed by atoms with Gasteiger partial charge in [0.25, 0.3) is 0 Å². The molecule has 2 aliphatic rings. The van der Waals surface area contributed by atoms with Gasteiger partial charge in [-0.15, -0.1) is 0 Å². The molecule has 24 heavy (non-hydrogen) atoms. The minimum Gasteiger partial charge on any atom is -0.375 e. The Morgan fingerprint density at radius 1 is 1.17 bits per heavy atom. The Morgan fingerprint density at radius 2 is 1.96 bits per heavy atom. The van der Waals surface area contributed by atoms with Gasteiger partial charge in [-0.05, 0) is 45.2 Å². The first kappa shape index (κ1) is 17.8. The van der Waals surface area contributed by atoms with Crippen molar-refractivity contribution in [2.24, 2.45) is 0 Å². The number of rotatable bonds is 5. The molecule has 0 bridgehead atoms. The summed E-state index contributed by atoms with van der Waals surface area (Å²) in [4.78, 5) is 9.80. The van der Waals surface area contributed by atoms with E-state index in [9.17, 15) is 0 Å². The molecular weight excluding hydrogens is 298 g/mol. The van der Waals surface area contributed by atoms with Gasteiger partial charge >= 0.3 is 0 Å². The SMILES string of the molecule is CCC1(N2CCN(CCc3ccccn3)CC2)CCOC(C)(C)C1. The summed E-state index contributed by atoms with van der Waals surface area (Å²) in [5.41, 5.74) is 1.57. The van der Waals surface area contributed by atoms with Crippen LogP contribution in [0.4, 0.5) is 0 Å². The van der Waals surface area contributed by atoms with E-state index in [4.69, 9.17) is 4.74 Å². The molecule has 0 spiro atoms. The first-order valence-electron chi connectivity index (χ1n) is 9.54. The zero-order valence-electron chi connectivity index (χ0n) is 15.6. The van der Waals surface area contributed by atoms with Crippen molar-refractivity contribution in [3.05, 3.63) is 30.1 Å². The van der Waals surface area contributed by atoms with E-state index < -0.39 is 0 Å². The van der Waals surface area contributed by atoms with Gasteiger partial charge in [0.05, 0.1) is 5.60 Å². The van der Waals surface area contributed by atoms with Crippen molar-refractivity contribution in [1.82, 2.24) is 14.8 Å². The Kier molecular flexibility index (Phi) is 5.58. The first-order chi connectivity index (χ1) is 11.5. The maximum atomic E-state index is 5.98. The van der Waals surface area contributed by atoms with Gasteiger partial charge in [-0.25, -0.2) is 0 Å². The average Bonchev–Trinajstić information content (AvgIpc) is 2.60. The molecule has 0 aromatic carbocycles. The van der Waals surface area contributed by atoms with Gasteiger partial charge in [0.2, 0.25) is 0 Å². The van der Waals surface area contributed by atoms with E-state index in [1.807, 2.05) is 12.3 Å². The van der Waals surface area contributed by atoms with Gasteiger partial charge in [0, 0.05) is 63.2 Å². The average molecular weight is 332 g/mol. The molecule has 1 aromatic rings. The fourth-order valence-corrected chi connectivity index (χ4v) is 4.51. The second-order valence-corrected chi connectivity index (χ2v) is 8.01. The third kappa shape index (κ3) is 4.16. The molecule has 134 valence electrons. The molecule has 0 radical (unpaired) electrons. The summed E-state index contributed by atoms with van der Waals surface area (Å²) in [5, 5.41) is 0. The highest BCUT2D eigenvalue weighted by molar-refractivity contribution is 5.04. The van der Waals surface area contributed by atoms with Gasteiger partial charge in [0.1, 0.15) is 0 Å². The fourth-order valence-electron chi connectivity index (χ4n) is 4.51. The largest absolute Gasteiger partial charge is 0.375 e. The van der Waals surface area contributed by atoms with Crippen molar-refractivity contribution in [2.75, 3.05) is 39.3 Å². The highest BCUT2D eigenvalue weighted by Gasteiger charge is 2.44. The quantitative estimate of drug-likeness (QED) is 0.829. The highest BCUT2D eigenvalue weighted by Crippen LogP contribution is 2.39. The summed E-state index contributed by atoms with van der Waals surface area (Å²) >= 11 is 0. The van der Waals surface area contributed by atoms with Crippen LogP contribution in [0.3, 0.4) is 0 Å². The van der Waals surface area contributed by atoms with Crippen LogP contribution in [0.1, 0.15) is 45.7 Å². The lowest BCUT2D eigenvalue weighted by Gasteiger charge is -2.53. The third-order valence-electron chi connectivity index (χ3n) is 5.93. The van der Waals surface area contributed by atoms with E-state index in [1.165, 1.54) is 44.7 Å². The highest BCUT2D eigenvalue weighted by atomic mass is 16.5. The maximum Gasteiger partial charge on any atom is 0.0644 e. The Hall–Kier alpha value is -0.970. The van der Waals surface area contributed by atoms with Crippen LogP contribution < -0.4 is 0 Å². The third-order valence-corrected chi connectivity index (χ3v) is 5.93. The molecule has 1 atom stereocenters. The minimum absolute atomic E-state index is 0.0182. The number of pyridine rings is 1. The van der Waals surface area contributed by atoms with Crippen LogP contribution in [-0.4, -0.2) is 65.3 Å². The zero-order chi connectivity index (χ0) is 17.0. The normalized spacial score (nSPS) is 28.8. The lowest BCUT2D eigenvalue weighted by molar-refractivity contribution is -0.128. The molecule has 1 unspecified atom stereocenters. The van der Waals surface area contributed by atoms with Gasteiger partial charge < -0.3 is 9.64 Å². The van der Waals surface area contributed by atoms with Gasteiger partial charge in [-0.1, -0.05) is 13.0 Å². The molecule has 3 rings (SSSR count). The van der Waals surface area contributed by atoms with Crippen molar-refractivity contribution in [2.45, 2.75) is 57.6 Å². The summed E-state index contributed by atoms with van der Waals surface area (Å²) in [5.74, 6) is 0. The van der Waals surface area contributed by atoms with Gasteiger partial charge in [0.15, 0.2) is 0 Å². The molecule has 0 saturated carbocycles. The molecule has 0 N–H and O–H groups in total. The summed E-state index contributed by atoms with van der Waals surface area (Å²) in [6.45, 7) is 13.6. The lowest BCUT2D eigenvalue weighted by atomic mass is 9.77. The van der Waals surface area contributed by atoms with Crippen molar-refractivity contribution in [3.8, 4) is 0 Å². The van der Waals surface area contributed by atoms with E-state index in [2.05, 4.69) is 47.7 Å². The van der Waals surface area contributed by atoms with Crippen LogP contribution in [0.25, 0.3) is 0 Å². The van der Waals surface area contributed by atoms with E-state index >= 15 is 0 Å². The van der Waals surface area contributed by atoms with Crippen molar-refractivity contribution in [3.63, 3.8) is 0 Å². The van der Waals surface area contributed by atoms with Crippen LogP contribution in [0, 0.1) is 0 Å². The first-order valence-corrected chi connectivity index (χ1v) is 9.54. The van der Waals surface area contributed by atoms with Crippen LogP contribution in [0.15, 0.2) is 24.4 Å². The number of hydrogen-bond acceptors (Lipinski definition) is 4. The number of aromatic nitrogens is 1. The van der Waals surface area contributed by atoms with E-state index in [0.717, 1.165) is 26.0 Å². The summed E-state index contributed by atoms with van der Waals surface area (Å²) in [6.07, 6.45) is 6.52. The predicted octanol–water partition coefficient (Wildman–Crippen LogP) is 2.98. The fraction of sp³-hybridized carbons (Fsp3) is 0.750. The number of hydrogen-bond donors (Lipinski definition) is 0. The van der Waals surface area contributed by atoms with Crippen LogP contribution >= 0.6 is 0 Å². The summed E-state index contributed by atoms with van der Waals surface area (Å²) < 4.78 is 5.98. The molecule has 3 heterocycles. The second kappa shape index (κ2) is 7.51. The lowest BCUT2D eigenvalue weighted by Crippen LogP contribution is -2.61. The zero-order valence-corrected chi connectivity index (χ0v) is 15.6. The Morgan fingerprint density at radius 3 is 2.58 bits per heavy atom. The molecular formula is C20H33N3O. The molecule has 0 amide bonds. The smallest absolute Gasteiger partial charge is 0.0644 e. The molecule has 2 fully saturated rings. The Bertz CT molecular complexity index is 511. The summed E-state index contributed by atoms with van der Waals surface area (Å²) in [7, 11) is 0.